The molecule has 0 aromatic rings. The van der Waals surface area contributed by atoms with Gasteiger partial charge in [-0.3, -0.25) is 4.79 Å². The molecule has 8 heteroatoms. The fourth-order valence-corrected chi connectivity index (χ4v) is 2.36. The minimum Gasteiger partial charge on any atom is -0.274 e. The molecule has 0 aromatic carbocycles. The third-order valence-corrected chi connectivity index (χ3v) is 2.87. The lowest BCUT2D eigenvalue weighted by Gasteiger charge is -1.99. The number of sulfone groups is 1. The van der Waals surface area contributed by atoms with E-state index in [9.17, 15) is 21.6 Å². The Kier molecular flexibility index (Phi) is 4.27. The normalized spacial score (nSPS) is 13.0. The van der Waals surface area contributed by atoms with Crippen LogP contribution in [0.15, 0.2) is 10.8 Å². The number of rotatable bonds is 4. The van der Waals surface area contributed by atoms with Crippen molar-refractivity contribution in [2.75, 3.05) is 6.26 Å². The van der Waals surface area contributed by atoms with Crippen LogP contribution in [0.25, 0.3) is 0 Å². The van der Waals surface area contributed by atoms with Crippen molar-refractivity contribution in [3.05, 3.63) is 10.8 Å². The fourth-order valence-electron chi connectivity index (χ4n) is 0.439. The van der Waals surface area contributed by atoms with Gasteiger partial charge in [0.1, 0.15) is 0 Å². The van der Waals surface area contributed by atoms with Crippen molar-refractivity contribution in [1.82, 2.24) is 4.72 Å². The summed E-state index contributed by atoms with van der Waals surface area (Å²) in [5.41, 5.74) is 0. The molecule has 0 aromatic heterocycles. The molecular formula is C6H11NO5S2. The van der Waals surface area contributed by atoms with E-state index in [1.807, 2.05) is 0 Å². The highest BCUT2D eigenvalue weighted by Crippen LogP contribution is 1.93. The van der Waals surface area contributed by atoms with Gasteiger partial charge in [0.15, 0.2) is 9.84 Å². The molecule has 0 fully saturated rings. The largest absolute Gasteiger partial charge is 0.274 e. The molecule has 0 aliphatic heterocycles. The average molecular weight is 241 g/mol. The van der Waals surface area contributed by atoms with Crippen LogP contribution in [-0.2, 0) is 24.7 Å². The Morgan fingerprint density at radius 3 is 2.07 bits per heavy atom. The number of carbonyl (C=O) groups excluding carboxylic acids is 1. The lowest BCUT2D eigenvalue weighted by molar-refractivity contribution is -0.119. The van der Waals surface area contributed by atoms with Gasteiger partial charge in [-0.05, 0) is 0 Å². The molecule has 0 bridgehead atoms. The van der Waals surface area contributed by atoms with Crippen molar-refractivity contribution >= 4 is 25.8 Å². The van der Waals surface area contributed by atoms with Crippen molar-refractivity contribution in [2.24, 2.45) is 0 Å². The number of carbonyl (C=O) groups is 1. The van der Waals surface area contributed by atoms with Gasteiger partial charge in [0.2, 0.25) is 5.91 Å². The van der Waals surface area contributed by atoms with Crippen LogP contribution in [0, 0.1) is 0 Å². The van der Waals surface area contributed by atoms with Crippen LogP contribution in [0.5, 0.6) is 0 Å². The third-order valence-electron chi connectivity index (χ3n) is 1.06. The topological polar surface area (TPSA) is 97.4 Å². The minimum absolute atomic E-state index is 0.00590. The standard InChI is InChI=1S/C6H11NO5S2/c1-3-6(8)7-14(11,12)5-4-13(2,9)10/h4-5H,3H2,1-2H3,(H,7,8)/b5-4-. The fraction of sp³-hybridized carbons (Fsp3) is 0.500. The van der Waals surface area contributed by atoms with Gasteiger partial charge in [-0.1, -0.05) is 6.92 Å². The molecule has 0 unspecified atom stereocenters. The average Bonchev–Trinajstić information content (AvgIpc) is 1.99. The first kappa shape index (κ1) is 13.1. The molecule has 82 valence electrons. The molecule has 0 radical (unpaired) electrons. The number of nitrogens with one attached hydrogen (secondary N) is 1. The molecule has 0 saturated heterocycles. The van der Waals surface area contributed by atoms with Crippen molar-refractivity contribution in [1.29, 1.82) is 0 Å². The first-order chi connectivity index (χ1) is 6.16. The second-order valence-corrected chi connectivity index (χ2v) is 6.02. The van der Waals surface area contributed by atoms with Crippen LogP contribution in [-0.4, -0.2) is 29.0 Å². The van der Waals surface area contributed by atoms with E-state index >= 15 is 0 Å². The summed E-state index contributed by atoms with van der Waals surface area (Å²) in [6.07, 6.45) is 0.854. The van der Waals surface area contributed by atoms with Crippen molar-refractivity contribution in [2.45, 2.75) is 13.3 Å². The van der Waals surface area contributed by atoms with Crippen LogP contribution in [0.3, 0.4) is 0 Å². The lowest BCUT2D eigenvalue weighted by atomic mass is 10.5. The second-order valence-electron chi connectivity index (χ2n) is 2.53. The molecule has 0 spiro atoms. The first-order valence-electron chi connectivity index (χ1n) is 3.60. The van der Waals surface area contributed by atoms with Gasteiger partial charge in [-0.15, -0.1) is 0 Å². The Balaban J connectivity index is 4.69. The first-order valence-corrected chi connectivity index (χ1v) is 7.10. The Bertz CT molecular complexity index is 431. The summed E-state index contributed by atoms with van der Waals surface area (Å²) < 4.78 is 44.7. The Labute approximate surface area is 83.0 Å². The second kappa shape index (κ2) is 4.56. The monoisotopic (exact) mass is 241 g/mol. The molecule has 0 saturated carbocycles. The SMILES string of the molecule is CCC(=O)NS(=O)(=O)/C=C\S(C)(=O)=O. The van der Waals surface area contributed by atoms with Crippen molar-refractivity contribution in [3.8, 4) is 0 Å². The summed E-state index contributed by atoms with van der Waals surface area (Å²) in [4.78, 5) is 10.7. The molecule has 0 aliphatic carbocycles. The van der Waals surface area contributed by atoms with Gasteiger partial charge in [-0.25, -0.2) is 21.6 Å². The van der Waals surface area contributed by atoms with Gasteiger partial charge in [0, 0.05) is 18.1 Å². The molecule has 0 atom stereocenters. The van der Waals surface area contributed by atoms with E-state index in [2.05, 4.69) is 0 Å². The highest BCUT2D eigenvalue weighted by atomic mass is 32.2. The smallest absolute Gasteiger partial charge is 0.257 e. The molecular weight excluding hydrogens is 230 g/mol. The summed E-state index contributed by atoms with van der Waals surface area (Å²) in [7, 11) is -7.50. The van der Waals surface area contributed by atoms with E-state index in [4.69, 9.17) is 0 Å². The van der Waals surface area contributed by atoms with Crippen LogP contribution in [0.4, 0.5) is 0 Å². The summed E-state index contributed by atoms with van der Waals surface area (Å²) in [5.74, 6) is -0.692. The number of sulfonamides is 1. The Hall–Kier alpha value is -0.890. The quantitative estimate of drug-likeness (QED) is 0.706. The summed E-state index contributed by atoms with van der Waals surface area (Å²) >= 11 is 0. The number of hydrogen-bond donors (Lipinski definition) is 1. The molecule has 0 heterocycles. The zero-order valence-corrected chi connectivity index (χ0v) is 9.35. The maximum absolute atomic E-state index is 11.0. The zero-order chi connectivity index (χ0) is 11.4. The highest BCUT2D eigenvalue weighted by molar-refractivity contribution is 7.96. The Morgan fingerprint density at radius 2 is 1.71 bits per heavy atom. The summed E-state index contributed by atoms with van der Waals surface area (Å²) in [6, 6.07) is 0. The van der Waals surface area contributed by atoms with E-state index < -0.39 is 25.8 Å². The van der Waals surface area contributed by atoms with Crippen molar-refractivity contribution < 1.29 is 21.6 Å². The molecule has 14 heavy (non-hydrogen) atoms. The lowest BCUT2D eigenvalue weighted by Crippen LogP contribution is -2.28. The van der Waals surface area contributed by atoms with Gasteiger partial charge in [-0.2, -0.15) is 0 Å². The third kappa shape index (κ3) is 6.61. The van der Waals surface area contributed by atoms with E-state index in [-0.39, 0.29) is 6.42 Å². The molecule has 1 N–H and O–H groups in total. The number of hydrogen-bond acceptors (Lipinski definition) is 5. The predicted octanol–water partition coefficient (Wildman–Crippen LogP) is -0.642. The highest BCUT2D eigenvalue weighted by Gasteiger charge is 2.09. The van der Waals surface area contributed by atoms with Gasteiger partial charge < -0.3 is 0 Å². The van der Waals surface area contributed by atoms with Crippen LogP contribution in [0.2, 0.25) is 0 Å². The van der Waals surface area contributed by atoms with E-state index in [1.54, 1.807) is 4.72 Å². The summed E-state index contributed by atoms with van der Waals surface area (Å²) in [5, 5.41) is 0.953. The van der Waals surface area contributed by atoms with Crippen LogP contribution >= 0.6 is 0 Å². The molecule has 1 amide bonds. The van der Waals surface area contributed by atoms with Gasteiger partial charge >= 0.3 is 0 Å². The Morgan fingerprint density at radius 1 is 1.21 bits per heavy atom. The van der Waals surface area contributed by atoms with E-state index in [0.29, 0.717) is 10.8 Å². The van der Waals surface area contributed by atoms with Crippen LogP contribution < -0.4 is 4.72 Å². The maximum atomic E-state index is 11.0. The maximum Gasteiger partial charge on any atom is 0.257 e. The minimum atomic E-state index is -3.99. The van der Waals surface area contributed by atoms with E-state index in [1.165, 1.54) is 6.92 Å². The summed E-state index contributed by atoms with van der Waals surface area (Å²) in [6.45, 7) is 1.48. The number of amides is 1. The van der Waals surface area contributed by atoms with Gasteiger partial charge in [0.25, 0.3) is 10.0 Å². The van der Waals surface area contributed by atoms with E-state index in [0.717, 1.165) is 6.26 Å². The van der Waals surface area contributed by atoms with Crippen molar-refractivity contribution in [3.63, 3.8) is 0 Å². The zero-order valence-electron chi connectivity index (χ0n) is 7.72. The molecule has 0 rings (SSSR count). The van der Waals surface area contributed by atoms with Crippen LogP contribution in [0.1, 0.15) is 13.3 Å². The predicted molar refractivity (Wildman–Crippen MR) is 51.3 cm³/mol. The van der Waals surface area contributed by atoms with Gasteiger partial charge in [0.05, 0.1) is 5.41 Å². The molecule has 6 nitrogen and oxygen atoms in total. The molecule has 0 aliphatic rings.